The van der Waals surface area contributed by atoms with Crippen molar-refractivity contribution in [2.45, 2.75) is 11.1 Å². The number of rotatable bonds is 2. The number of sulfone groups is 1. The Morgan fingerprint density at radius 2 is 1.71 bits per heavy atom. The lowest BCUT2D eigenvalue weighted by Crippen LogP contribution is -2.04. The summed E-state index contributed by atoms with van der Waals surface area (Å²) >= 11 is 0. The van der Waals surface area contributed by atoms with Crippen LogP contribution in [-0.2, 0) is 23.1 Å². The molecule has 0 bridgehead atoms. The molecule has 2 aromatic carbocycles. The number of benzene rings is 2. The highest BCUT2D eigenvalue weighted by molar-refractivity contribution is 7.90. The van der Waals surface area contributed by atoms with Crippen LogP contribution < -0.4 is 0 Å². The summed E-state index contributed by atoms with van der Waals surface area (Å²) in [5.41, 5.74) is 1.41. The maximum absolute atomic E-state index is 12.8. The molecule has 4 nitrogen and oxygen atoms in total. The molecule has 0 aliphatic carbocycles. The fourth-order valence-corrected chi connectivity index (χ4v) is 3.30. The molecule has 8 heteroatoms. The van der Waals surface area contributed by atoms with Gasteiger partial charge in [-0.15, -0.1) is 0 Å². The van der Waals surface area contributed by atoms with Crippen LogP contribution in [0.15, 0.2) is 59.6 Å². The van der Waals surface area contributed by atoms with Gasteiger partial charge in [-0.2, -0.15) is 18.3 Å². The molecule has 3 rings (SSSR count). The maximum atomic E-state index is 12.8. The Hall–Kier alpha value is -3.05. The summed E-state index contributed by atoms with van der Waals surface area (Å²) < 4.78 is 63.1. The molecular formula is C20H15F3N2O2S. The van der Waals surface area contributed by atoms with Gasteiger partial charge in [0.25, 0.3) is 0 Å². The van der Waals surface area contributed by atoms with Gasteiger partial charge in [0, 0.05) is 24.4 Å². The lowest BCUT2D eigenvalue weighted by Gasteiger charge is -2.08. The van der Waals surface area contributed by atoms with Crippen molar-refractivity contribution < 1.29 is 21.6 Å². The van der Waals surface area contributed by atoms with Crippen molar-refractivity contribution in [3.8, 4) is 23.1 Å². The van der Waals surface area contributed by atoms with Gasteiger partial charge >= 0.3 is 6.18 Å². The minimum Gasteiger partial charge on any atom is -0.267 e. The molecule has 0 amide bonds. The zero-order valence-electron chi connectivity index (χ0n) is 14.9. The van der Waals surface area contributed by atoms with Gasteiger partial charge in [0.2, 0.25) is 0 Å². The molecule has 28 heavy (non-hydrogen) atoms. The van der Waals surface area contributed by atoms with Crippen LogP contribution in [0.3, 0.4) is 0 Å². The summed E-state index contributed by atoms with van der Waals surface area (Å²) in [5.74, 6) is 5.81. The smallest absolute Gasteiger partial charge is 0.267 e. The van der Waals surface area contributed by atoms with Crippen LogP contribution in [0.1, 0.15) is 16.7 Å². The van der Waals surface area contributed by atoms with Crippen molar-refractivity contribution in [3.63, 3.8) is 0 Å². The van der Waals surface area contributed by atoms with Gasteiger partial charge in [-0.1, -0.05) is 30.0 Å². The Bertz CT molecular complexity index is 1180. The normalized spacial score (nSPS) is 11.8. The van der Waals surface area contributed by atoms with Crippen LogP contribution in [0.5, 0.6) is 0 Å². The highest BCUT2D eigenvalue weighted by atomic mass is 32.2. The molecule has 1 aromatic heterocycles. The third-order valence-corrected chi connectivity index (χ3v) is 5.14. The van der Waals surface area contributed by atoms with E-state index in [0.717, 1.165) is 18.4 Å². The molecule has 0 N–H and O–H groups in total. The van der Waals surface area contributed by atoms with E-state index < -0.39 is 21.6 Å². The summed E-state index contributed by atoms with van der Waals surface area (Å²) in [6.45, 7) is 0. The van der Waals surface area contributed by atoms with E-state index in [-0.39, 0.29) is 4.90 Å². The second-order valence-corrected chi connectivity index (χ2v) is 8.17. The number of alkyl halides is 3. The zero-order chi connectivity index (χ0) is 20.5. The molecule has 144 valence electrons. The first-order valence-corrected chi connectivity index (χ1v) is 9.96. The number of aryl methyl sites for hydroxylation is 1. The van der Waals surface area contributed by atoms with Crippen molar-refractivity contribution >= 4 is 9.84 Å². The second kappa shape index (κ2) is 7.17. The predicted molar refractivity (Wildman–Crippen MR) is 99.2 cm³/mol. The maximum Gasteiger partial charge on any atom is 0.416 e. The van der Waals surface area contributed by atoms with E-state index in [1.807, 2.05) is 0 Å². The lowest BCUT2D eigenvalue weighted by atomic mass is 10.1. The van der Waals surface area contributed by atoms with Crippen LogP contribution in [0, 0.1) is 11.8 Å². The van der Waals surface area contributed by atoms with Crippen molar-refractivity contribution in [2.24, 2.45) is 7.05 Å². The number of hydrogen-bond acceptors (Lipinski definition) is 3. The molecule has 0 aliphatic heterocycles. The van der Waals surface area contributed by atoms with E-state index >= 15 is 0 Å². The highest BCUT2D eigenvalue weighted by Crippen LogP contribution is 2.31. The molecule has 0 fully saturated rings. The average Bonchev–Trinajstić information content (AvgIpc) is 2.99. The zero-order valence-corrected chi connectivity index (χ0v) is 15.8. The minimum absolute atomic E-state index is 0.161. The first-order chi connectivity index (χ1) is 13.1. The Labute approximate surface area is 160 Å². The summed E-state index contributed by atoms with van der Waals surface area (Å²) in [5, 5.41) is 4.13. The second-order valence-electron chi connectivity index (χ2n) is 6.16. The van der Waals surface area contributed by atoms with Crippen molar-refractivity contribution in [1.29, 1.82) is 0 Å². The Morgan fingerprint density at radius 3 is 2.32 bits per heavy atom. The Balaban J connectivity index is 1.99. The first-order valence-electron chi connectivity index (χ1n) is 8.07. The van der Waals surface area contributed by atoms with Crippen LogP contribution >= 0.6 is 0 Å². The van der Waals surface area contributed by atoms with E-state index in [1.165, 1.54) is 35.1 Å². The first kappa shape index (κ1) is 19.7. The number of halogens is 3. The van der Waals surface area contributed by atoms with E-state index in [9.17, 15) is 21.6 Å². The van der Waals surface area contributed by atoms with Crippen LogP contribution in [0.2, 0.25) is 0 Å². The van der Waals surface area contributed by atoms with E-state index in [0.29, 0.717) is 22.4 Å². The molecule has 0 radical (unpaired) electrons. The monoisotopic (exact) mass is 404 g/mol. The summed E-state index contributed by atoms with van der Waals surface area (Å²) in [7, 11) is -1.68. The molecule has 0 atom stereocenters. The molecule has 0 spiro atoms. The van der Waals surface area contributed by atoms with Gasteiger partial charge < -0.3 is 0 Å². The van der Waals surface area contributed by atoms with Crippen LogP contribution in [-0.4, -0.2) is 24.5 Å². The average molecular weight is 404 g/mol. The fraction of sp³-hybridized carbons (Fsp3) is 0.150. The van der Waals surface area contributed by atoms with Gasteiger partial charge in [0.15, 0.2) is 9.84 Å². The minimum atomic E-state index is -4.40. The Kier molecular flexibility index (Phi) is 5.04. The van der Waals surface area contributed by atoms with Crippen molar-refractivity contribution in [1.82, 2.24) is 9.78 Å². The Morgan fingerprint density at radius 1 is 1.04 bits per heavy atom. The highest BCUT2D eigenvalue weighted by Gasteiger charge is 2.30. The lowest BCUT2D eigenvalue weighted by molar-refractivity contribution is -0.137. The number of aromatic nitrogens is 2. The SMILES string of the molecule is Cn1ncc(C#Cc2cccc(S(C)(=O)=O)c2)c1-c1ccc(C(F)(F)F)cc1. The largest absolute Gasteiger partial charge is 0.416 e. The van der Waals surface area contributed by atoms with E-state index in [1.54, 1.807) is 19.2 Å². The van der Waals surface area contributed by atoms with Gasteiger partial charge in [-0.3, -0.25) is 4.68 Å². The predicted octanol–water partition coefficient (Wildman–Crippen LogP) is 3.91. The third-order valence-electron chi connectivity index (χ3n) is 4.03. The molecule has 1 heterocycles. The molecule has 0 saturated carbocycles. The standard InChI is InChI=1S/C20H15F3N2O2S/c1-25-19(15-8-10-17(11-9-15)20(21,22)23)16(13-24-25)7-6-14-4-3-5-18(12-14)28(2,26)27/h3-5,8-13H,1-2H3. The topological polar surface area (TPSA) is 52.0 Å². The molecule has 0 aliphatic rings. The van der Waals surface area contributed by atoms with Crippen molar-refractivity contribution in [3.05, 3.63) is 71.4 Å². The van der Waals surface area contributed by atoms with Gasteiger partial charge in [0.1, 0.15) is 0 Å². The molecule has 3 aromatic rings. The quantitative estimate of drug-likeness (QED) is 0.609. The summed E-state index contributed by atoms with van der Waals surface area (Å²) in [6, 6.07) is 11.0. The van der Waals surface area contributed by atoms with Crippen molar-refractivity contribution in [2.75, 3.05) is 6.26 Å². The van der Waals surface area contributed by atoms with Gasteiger partial charge in [0.05, 0.1) is 27.9 Å². The summed E-state index contributed by atoms with van der Waals surface area (Å²) in [4.78, 5) is 0.161. The fourth-order valence-electron chi connectivity index (χ4n) is 2.63. The van der Waals surface area contributed by atoms with Gasteiger partial charge in [-0.05, 0) is 30.3 Å². The molecular weight excluding hydrogens is 389 g/mol. The van der Waals surface area contributed by atoms with E-state index in [4.69, 9.17) is 0 Å². The van der Waals surface area contributed by atoms with Gasteiger partial charge in [-0.25, -0.2) is 8.42 Å². The molecule has 0 saturated heterocycles. The number of nitrogens with zero attached hydrogens (tertiary/aromatic N) is 2. The number of hydrogen-bond donors (Lipinski definition) is 0. The third kappa shape index (κ3) is 4.26. The van der Waals surface area contributed by atoms with Crippen LogP contribution in [0.25, 0.3) is 11.3 Å². The summed E-state index contributed by atoms with van der Waals surface area (Å²) in [6.07, 6.45) is -1.78. The van der Waals surface area contributed by atoms with E-state index in [2.05, 4.69) is 16.9 Å². The van der Waals surface area contributed by atoms with Crippen LogP contribution in [0.4, 0.5) is 13.2 Å². The molecule has 0 unspecified atom stereocenters.